The van der Waals surface area contributed by atoms with Gasteiger partial charge in [0.05, 0.1) is 18.1 Å². The first-order chi connectivity index (χ1) is 12.8. The number of thiophene rings is 1. The fourth-order valence-electron chi connectivity index (χ4n) is 2.88. The summed E-state index contributed by atoms with van der Waals surface area (Å²) in [5.74, 6) is -1.19. The number of halogens is 1. The Bertz CT molecular complexity index is 950. The Kier molecular flexibility index (Phi) is 5.95. The highest BCUT2D eigenvalue weighted by molar-refractivity contribution is 7.89. The molecule has 0 aliphatic carbocycles. The molecular formula is C18H21FN2O4S2. The molecule has 2 aromatic rings. The third kappa shape index (κ3) is 4.21. The Morgan fingerprint density at radius 1 is 1.30 bits per heavy atom. The molecule has 6 nitrogen and oxygen atoms in total. The van der Waals surface area contributed by atoms with Gasteiger partial charge in [0.2, 0.25) is 10.0 Å². The van der Waals surface area contributed by atoms with E-state index in [0.717, 1.165) is 22.9 Å². The zero-order valence-electron chi connectivity index (χ0n) is 15.1. The van der Waals surface area contributed by atoms with E-state index in [0.29, 0.717) is 4.88 Å². The largest absolute Gasteiger partial charge is 0.379 e. The van der Waals surface area contributed by atoms with Crippen LogP contribution in [0.5, 0.6) is 0 Å². The highest BCUT2D eigenvalue weighted by Crippen LogP contribution is 2.26. The summed E-state index contributed by atoms with van der Waals surface area (Å²) in [5, 5.41) is 2.66. The first-order valence-electron chi connectivity index (χ1n) is 8.61. The first kappa shape index (κ1) is 19.9. The number of anilines is 1. The van der Waals surface area contributed by atoms with E-state index in [2.05, 4.69) is 5.32 Å². The molecule has 0 radical (unpaired) electrons. The molecular weight excluding hydrogens is 391 g/mol. The molecule has 2 heterocycles. The van der Waals surface area contributed by atoms with E-state index in [4.69, 9.17) is 4.74 Å². The van der Waals surface area contributed by atoms with Gasteiger partial charge in [0, 0.05) is 23.7 Å². The highest BCUT2D eigenvalue weighted by Gasteiger charge is 2.29. The number of morpholine rings is 1. The maximum atomic E-state index is 14.2. The normalized spacial score (nSPS) is 15.7. The molecule has 9 heteroatoms. The second-order valence-corrected chi connectivity index (χ2v) is 9.32. The number of carbonyl (C=O) groups excluding carboxylic acids is 1. The van der Waals surface area contributed by atoms with Crippen molar-refractivity contribution in [2.75, 3.05) is 31.6 Å². The van der Waals surface area contributed by atoms with E-state index >= 15 is 0 Å². The van der Waals surface area contributed by atoms with Crippen LogP contribution in [0.1, 0.15) is 27.0 Å². The molecule has 0 unspecified atom stereocenters. The number of sulfonamides is 1. The number of nitrogens with one attached hydrogen (secondary N) is 1. The van der Waals surface area contributed by atoms with Gasteiger partial charge in [-0.1, -0.05) is 6.92 Å². The van der Waals surface area contributed by atoms with Crippen LogP contribution >= 0.6 is 11.3 Å². The lowest BCUT2D eigenvalue weighted by Gasteiger charge is -2.26. The molecule has 146 valence electrons. The number of benzene rings is 1. The highest BCUT2D eigenvalue weighted by atomic mass is 32.2. The van der Waals surface area contributed by atoms with Crippen molar-refractivity contribution in [3.63, 3.8) is 0 Å². The second kappa shape index (κ2) is 8.05. The summed E-state index contributed by atoms with van der Waals surface area (Å²) in [6.07, 6.45) is 0.827. The van der Waals surface area contributed by atoms with Crippen molar-refractivity contribution < 1.29 is 22.3 Å². The van der Waals surface area contributed by atoms with Crippen molar-refractivity contribution in [3.05, 3.63) is 45.4 Å². The standard InChI is InChI=1S/C18H21FN2O4S2/c1-3-13-10-16(26-12(13)2)18(22)20-14-4-5-15(19)17(11-14)27(23,24)21-6-8-25-9-7-21/h4-5,10-11H,3,6-9H2,1-2H3,(H,20,22). The van der Waals surface area contributed by atoms with E-state index in [1.54, 1.807) is 0 Å². The van der Waals surface area contributed by atoms with Crippen LogP contribution in [0.25, 0.3) is 0 Å². The Morgan fingerprint density at radius 3 is 2.63 bits per heavy atom. The fraction of sp³-hybridized carbons (Fsp3) is 0.389. The van der Waals surface area contributed by atoms with Crippen molar-refractivity contribution in [1.29, 1.82) is 0 Å². The molecule has 0 spiro atoms. The van der Waals surface area contributed by atoms with Gasteiger partial charge in [-0.2, -0.15) is 4.31 Å². The maximum absolute atomic E-state index is 14.2. The van der Waals surface area contributed by atoms with Crippen LogP contribution in [0.2, 0.25) is 0 Å². The average molecular weight is 413 g/mol. The van der Waals surface area contributed by atoms with Gasteiger partial charge in [-0.05, 0) is 43.2 Å². The maximum Gasteiger partial charge on any atom is 0.265 e. The van der Waals surface area contributed by atoms with Crippen LogP contribution < -0.4 is 5.32 Å². The minimum absolute atomic E-state index is 0.173. The van der Waals surface area contributed by atoms with Gasteiger partial charge in [0.25, 0.3) is 5.91 Å². The second-order valence-electron chi connectivity index (χ2n) is 6.16. The van der Waals surface area contributed by atoms with E-state index in [1.807, 2.05) is 19.9 Å². The lowest BCUT2D eigenvalue weighted by molar-refractivity contribution is 0.0729. The van der Waals surface area contributed by atoms with Crippen LogP contribution in [0.15, 0.2) is 29.2 Å². The van der Waals surface area contributed by atoms with E-state index in [-0.39, 0.29) is 37.9 Å². The number of amides is 1. The SMILES string of the molecule is CCc1cc(C(=O)Nc2ccc(F)c(S(=O)(=O)N3CCOCC3)c2)sc1C. The molecule has 0 atom stereocenters. The van der Waals surface area contributed by atoms with Gasteiger partial charge in [-0.3, -0.25) is 4.79 Å². The molecule has 1 amide bonds. The molecule has 1 aromatic carbocycles. The van der Waals surface area contributed by atoms with Gasteiger partial charge in [0.1, 0.15) is 10.7 Å². The van der Waals surface area contributed by atoms with Gasteiger partial charge >= 0.3 is 0 Å². The number of hydrogen-bond acceptors (Lipinski definition) is 5. The zero-order valence-corrected chi connectivity index (χ0v) is 16.8. The van der Waals surface area contributed by atoms with Crippen molar-refractivity contribution >= 4 is 33.0 Å². The van der Waals surface area contributed by atoms with Crippen molar-refractivity contribution in [2.45, 2.75) is 25.2 Å². The summed E-state index contributed by atoms with van der Waals surface area (Å²) < 4.78 is 46.0. The Morgan fingerprint density at radius 2 is 2.00 bits per heavy atom. The number of aryl methyl sites for hydroxylation is 2. The van der Waals surface area contributed by atoms with Crippen LogP contribution in [0, 0.1) is 12.7 Å². The van der Waals surface area contributed by atoms with E-state index in [1.165, 1.54) is 27.8 Å². The molecule has 1 N–H and O–H groups in total. The minimum Gasteiger partial charge on any atom is -0.379 e. The monoisotopic (exact) mass is 412 g/mol. The van der Waals surface area contributed by atoms with Crippen LogP contribution in [-0.2, 0) is 21.2 Å². The predicted molar refractivity (Wildman–Crippen MR) is 102 cm³/mol. The van der Waals surface area contributed by atoms with Crippen LogP contribution in [0.3, 0.4) is 0 Å². The van der Waals surface area contributed by atoms with Gasteiger partial charge in [0.15, 0.2) is 0 Å². The van der Waals surface area contributed by atoms with Crippen molar-refractivity contribution in [2.24, 2.45) is 0 Å². The minimum atomic E-state index is -3.99. The Hall–Kier alpha value is -1.81. The summed E-state index contributed by atoms with van der Waals surface area (Å²) in [4.78, 5) is 13.6. The topological polar surface area (TPSA) is 75.7 Å². The van der Waals surface area contributed by atoms with Crippen molar-refractivity contribution in [1.82, 2.24) is 4.31 Å². The van der Waals surface area contributed by atoms with Gasteiger partial charge in [-0.25, -0.2) is 12.8 Å². The Labute approximate surface area is 162 Å². The fourth-order valence-corrected chi connectivity index (χ4v) is 5.39. The molecule has 1 aliphatic heterocycles. The lowest BCUT2D eigenvalue weighted by Crippen LogP contribution is -2.40. The number of ether oxygens (including phenoxy) is 1. The molecule has 0 saturated carbocycles. The number of carbonyl (C=O) groups is 1. The van der Waals surface area contributed by atoms with Crippen LogP contribution in [0.4, 0.5) is 10.1 Å². The quantitative estimate of drug-likeness (QED) is 0.819. The number of hydrogen-bond donors (Lipinski definition) is 1. The Balaban J connectivity index is 1.85. The van der Waals surface area contributed by atoms with Crippen LogP contribution in [-0.4, -0.2) is 44.9 Å². The summed E-state index contributed by atoms with van der Waals surface area (Å²) in [6.45, 7) is 4.85. The van der Waals surface area contributed by atoms with Gasteiger partial charge < -0.3 is 10.1 Å². The smallest absolute Gasteiger partial charge is 0.265 e. The number of nitrogens with zero attached hydrogens (tertiary/aromatic N) is 1. The van der Waals surface area contributed by atoms with E-state index in [9.17, 15) is 17.6 Å². The molecule has 1 fully saturated rings. The summed E-state index contributed by atoms with van der Waals surface area (Å²) in [6, 6.07) is 5.40. The molecule has 0 bridgehead atoms. The predicted octanol–water partition coefficient (Wildman–Crippen LogP) is 3.03. The first-order valence-corrected chi connectivity index (χ1v) is 10.9. The summed E-state index contributed by atoms with van der Waals surface area (Å²) in [7, 11) is -3.99. The van der Waals surface area contributed by atoms with E-state index < -0.39 is 20.7 Å². The third-order valence-corrected chi connectivity index (χ3v) is 7.41. The molecule has 1 saturated heterocycles. The van der Waals surface area contributed by atoms with Crippen molar-refractivity contribution in [3.8, 4) is 0 Å². The summed E-state index contributed by atoms with van der Waals surface area (Å²) >= 11 is 1.38. The average Bonchev–Trinajstić information content (AvgIpc) is 3.05. The molecule has 1 aromatic heterocycles. The number of rotatable bonds is 5. The lowest BCUT2D eigenvalue weighted by atomic mass is 10.2. The molecule has 1 aliphatic rings. The molecule has 3 rings (SSSR count). The summed E-state index contributed by atoms with van der Waals surface area (Å²) in [5.41, 5.74) is 1.33. The molecule has 27 heavy (non-hydrogen) atoms. The zero-order chi connectivity index (χ0) is 19.6. The van der Waals surface area contributed by atoms with Gasteiger partial charge in [-0.15, -0.1) is 11.3 Å². The third-order valence-electron chi connectivity index (χ3n) is 4.40.